The quantitative estimate of drug-likeness (QED) is 0.896. The van der Waals surface area contributed by atoms with Crippen LogP contribution < -0.4 is 5.32 Å². The fourth-order valence-corrected chi connectivity index (χ4v) is 2.30. The third-order valence-electron chi connectivity index (χ3n) is 3.25. The highest BCUT2D eigenvalue weighted by atomic mass is 35.5. The number of nitrogens with zero attached hydrogens (tertiary/aromatic N) is 2. The van der Waals surface area contributed by atoms with Gasteiger partial charge in [0.05, 0.1) is 11.2 Å². The molecule has 1 heterocycles. The van der Waals surface area contributed by atoms with Crippen LogP contribution in [-0.2, 0) is 6.18 Å². The number of aromatic nitrogens is 1. The third-order valence-corrected chi connectivity index (χ3v) is 3.49. The summed E-state index contributed by atoms with van der Waals surface area (Å²) in [5.74, 6) is 0. The fourth-order valence-electron chi connectivity index (χ4n) is 2.13. The molecule has 1 fully saturated rings. The molecule has 0 unspecified atom stereocenters. The monoisotopic (exact) mass is 311 g/mol. The first-order valence-corrected chi connectivity index (χ1v) is 6.65. The normalized spacial score (nSPS) is 15.0. The fraction of sp³-hybridized carbons (Fsp3) is 0.286. The second-order valence-corrected chi connectivity index (χ2v) is 5.34. The van der Waals surface area contributed by atoms with E-state index in [1.807, 2.05) is 0 Å². The Morgan fingerprint density at radius 2 is 2.05 bits per heavy atom. The molecule has 1 aliphatic carbocycles. The predicted molar refractivity (Wildman–Crippen MR) is 73.1 cm³/mol. The van der Waals surface area contributed by atoms with Crippen LogP contribution in [0.15, 0.2) is 18.2 Å². The first-order chi connectivity index (χ1) is 9.90. The molecule has 1 saturated carbocycles. The molecule has 1 N–H and O–H groups in total. The lowest BCUT2D eigenvalue weighted by Gasteiger charge is -2.16. The maximum atomic E-state index is 13.1. The van der Waals surface area contributed by atoms with Crippen molar-refractivity contribution in [3.63, 3.8) is 0 Å². The molecule has 3 rings (SSSR count). The molecule has 0 bridgehead atoms. The molecular weight excluding hydrogens is 303 g/mol. The van der Waals surface area contributed by atoms with Gasteiger partial charge in [0.15, 0.2) is 5.69 Å². The van der Waals surface area contributed by atoms with Crippen LogP contribution >= 0.6 is 11.6 Å². The number of nitriles is 1. The average Bonchev–Trinajstić information content (AvgIpc) is 3.21. The summed E-state index contributed by atoms with van der Waals surface area (Å²) in [5, 5.41) is 13.0. The van der Waals surface area contributed by atoms with Crippen molar-refractivity contribution < 1.29 is 13.2 Å². The van der Waals surface area contributed by atoms with Gasteiger partial charge >= 0.3 is 6.18 Å². The molecule has 1 aromatic carbocycles. The van der Waals surface area contributed by atoms with Crippen LogP contribution in [0.1, 0.15) is 24.1 Å². The van der Waals surface area contributed by atoms with Crippen molar-refractivity contribution >= 4 is 28.2 Å². The number of rotatable bonds is 2. The van der Waals surface area contributed by atoms with Gasteiger partial charge < -0.3 is 5.32 Å². The largest absolute Gasteiger partial charge is 0.434 e. The Morgan fingerprint density at radius 1 is 1.33 bits per heavy atom. The summed E-state index contributed by atoms with van der Waals surface area (Å²) in [7, 11) is 0. The Hall–Kier alpha value is -2.00. The highest BCUT2D eigenvalue weighted by molar-refractivity contribution is 6.31. The summed E-state index contributed by atoms with van der Waals surface area (Å²) < 4.78 is 39.3. The van der Waals surface area contributed by atoms with E-state index < -0.39 is 17.4 Å². The minimum atomic E-state index is -4.68. The zero-order valence-electron chi connectivity index (χ0n) is 10.6. The van der Waals surface area contributed by atoms with Crippen LogP contribution in [0.25, 0.3) is 10.9 Å². The standard InChI is InChI=1S/C14H9ClF3N3/c15-7-1-4-11-9(5-7)12(20-8-2-3-8)10(6-19)13(21-11)14(16,17)18/h1,4-5,8H,2-3H2,(H,20,21). The van der Waals surface area contributed by atoms with Gasteiger partial charge in [-0.05, 0) is 31.0 Å². The first-order valence-electron chi connectivity index (χ1n) is 6.27. The molecule has 7 heteroatoms. The van der Waals surface area contributed by atoms with E-state index in [-0.39, 0.29) is 17.2 Å². The van der Waals surface area contributed by atoms with Crippen LogP contribution in [0.4, 0.5) is 18.9 Å². The van der Waals surface area contributed by atoms with E-state index in [1.54, 1.807) is 6.07 Å². The molecule has 0 atom stereocenters. The summed E-state index contributed by atoms with van der Waals surface area (Å²) in [4.78, 5) is 3.60. The van der Waals surface area contributed by atoms with Crippen molar-refractivity contribution in [2.45, 2.75) is 25.1 Å². The molecule has 2 aromatic rings. The van der Waals surface area contributed by atoms with Gasteiger partial charge in [-0.2, -0.15) is 18.4 Å². The van der Waals surface area contributed by atoms with Gasteiger partial charge in [-0.1, -0.05) is 11.6 Å². The van der Waals surface area contributed by atoms with E-state index in [2.05, 4.69) is 10.3 Å². The molecule has 1 aromatic heterocycles. The van der Waals surface area contributed by atoms with Crippen LogP contribution in [0.5, 0.6) is 0 Å². The number of hydrogen-bond donors (Lipinski definition) is 1. The van der Waals surface area contributed by atoms with E-state index in [4.69, 9.17) is 16.9 Å². The molecule has 21 heavy (non-hydrogen) atoms. The lowest BCUT2D eigenvalue weighted by Crippen LogP contribution is -2.14. The first kappa shape index (κ1) is 14.0. The molecule has 0 amide bonds. The van der Waals surface area contributed by atoms with Crippen molar-refractivity contribution in [3.8, 4) is 6.07 Å². The smallest absolute Gasteiger partial charge is 0.381 e. The zero-order valence-corrected chi connectivity index (χ0v) is 11.4. The highest BCUT2D eigenvalue weighted by Gasteiger charge is 2.38. The Bertz CT molecular complexity index is 761. The van der Waals surface area contributed by atoms with Gasteiger partial charge in [0, 0.05) is 16.5 Å². The number of pyridine rings is 1. The molecule has 0 spiro atoms. The number of alkyl halides is 3. The molecule has 0 saturated heterocycles. The van der Waals surface area contributed by atoms with Crippen LogP contribution in [0, 0.1) is 11.3 Å². The predicted octanol–water partition coefficient (Wildman–Crippen LogP) is 4.35. The zero-order chi connectivity index (χ0) is 15.2. The number of nitrogens with one attached hydrogen (secondary N) is 1. The average molecular weight is 312 g/mol. The number of benzene rings is 1. The van der Waals surface area contributed by atoms with Crippen LogP contribution in [0.3, 0.4) is 0 Å². The van der Waals surface area contributed by atoms with Crippen molar-refractivity contribution in [3.05, 3.63) is 34.5 Å². The van der Waals surface area contributed by atoms with E-state index >= 15 is 0 Å². The van der Waals surface area contributed by atoms with Gasteiger partial charge in [0.1, 0.15) is 11.6 Å². The summed E-state index contributed by atoms with van der Waals surface area (Å²) in [6, 6.07) is 6.15. The summed E-state index contributed by atoms with van der Waals surface area (Å²) in [6.45, 7) is 0. The van der Waals surface area contributed by atoms with Gasteiger partial charge in [-0.25, -0.2) is 4.98 Å². The van der Waals surface area contributed by atoms with E-state index in [9.17, 15) is 13.2 Å². The Kier molecular flexibility index (Phi) is 3.18. The number of fused-ring (bicyclic) bond motifs is 1. The van der Waals surface area contributed by atoms with Crippen molar-refractivity contribution in [2.75, 3.05) is 5.32 Å². The summed E-state index contributed by atoms with van der Waals surface area (Å²) in [6.07, 6.45) is -2.94. The van der Waals surface area contributed by atoms with E-state index in [0.29, 0.717) is 10.4 Å². The maximum Gasteiger partial charge on any atom is 0.434 e. The molecule has 0 radical (unpaired) electrons. The van der Waals surface area contributed by atoms with Crippen molar-refractivity contribution in [1.82, 2.24) is 4.98 Å². The molecule has 108 valence electrons. The van der Waals surface area contributed by atoms with Crippen LogP contribution in [-0.4, -0.2) is 11.0 Å². The number of hydrogen-bond acceptors (Lipinski definition) is 3. The second kappa shape index (κ2) is 4.78. The minimum absolute atomic E-state index is 0.0998. The molecule has 1 aliphatic rings. The summed E-state index contributed by atoms with van der Waals surface area (Å²) >= 11 is 5.91. The van der Waals surface area contributed by atoms with Gasteiger partial charge in [0.25, 0.3) is 0 Å². The number of halogens is 4. The van der Waals surface area contributed by atoms with Gasteiger partial charge in [-0.3, -0.25) is 0 Å². The Labute approximate surface area is 123 Å². The highest BCUT2D eigenvalue weighted by Crippen LogP contribution is 2.39. The van der Waals surface area contributed by atoms with Gasteiger partial charge in [0.2, 0.25) is 0 Å². The van der Waals surface area contributed by atoms with Crippen molar-refractivity contribution in [2.24, 2.45) is 0 Å². The SMILES string of the molecule is N#Cc1c(C(F)(F)F)nc2ccc(Cl)cc2c1NC1CC1. The second-order valence-electron chi connectivity index (χ2n) is 4.90. The van der Waals surface area contributed by atoms with Gasteiger partial charge in [-0.15, -0.1) is 0 Å². The van der Waals surface area contributed by atoms with E-state index in [1.165, 1.54) is 18.2 Å². The lowest BCUT2D eigenvalue weighted by molar-refractivity contribution is -0.141. The summed E-state index contributed by atoms with van der Waals surface area (Å²) in [5.41, 5.74) is -1.32. The Morgan fingerprint density at radius 3 is 2.62 bits per heavy atom. The maximum absolute atomic E-state index is 13.1. The Balaban J connectivity index is 2.34. The van der Waals surface area contributed by atoms with E-state index in [0.717, 1.165) is 12.8 Å². The van der Waals surface area contributed by atoms with Crippen LogP contribution in [0.2, 0.25) is 5.02 Å². The number of anilines is 1. The lowest BCUT2D eigenvalue weighted by atomic mass is 10.1. The minimum Gasteiger partial charge on any atom is -0.381 e. The topological polar surface area (TPSA) is 48.7 Å². The molecule has 3 nitrogen and oxygen atoms in total. The molecule has 0 aliphatic heterocycles. The molecular formula is C14H9ClF3N3. The third kappa shape index (κ3) is 2.61. The van der Waals surface area contributed by atoms with Crippen molar-refractivity contribution in [1.29, 1.82) is 5.26 Å².